The first-order valence-corrected chi connectivity index (χ1v) is 6.56. The largest absolute Gasteiger partial charge is 0.397 e. The molecule has 0 radical (unpaired) electrons. The lowest BCUT2D eigenvalue weighted by molar-refractivity contribution is 0.0576. The van der Waals surface area contributed by atoms with Gasteiger partial charge in [0.2, 0.25) is 5.91 Å². The Morgan fingerprint density at radius 1 is 1.53 bits per heavy atom. The number of amides is 1. The van der Waals surface area contributed by atoms with Gasteiger partial charge >= 0.3 is 0 Å². The quantitative estimate of drug-likeness (QED) is 0.801. The molecule has 5 nitrogen and oxygen atoms in total. The normalized spacial score (nSPS) is 19.1. The van der Waals surface area contributed by atoms with Crippen molar-refractivity contribution in [2.75, 3.05) is 37.4 Å². The van der Waals surface area contributed by atoms with Crippen molar-refractivity contribution < 1.29 is 9.53 Å². The molecule has 19 heavy (non-hydrogen) atoms. The zero-order valence-electron chi connectivity index (χ0n) is 11.3. The fourth-order valence-corrected chi connectivity index (χ4v) is 2.46. The van der Waals surface area contributed by atoms with Crippen LogP contribution in [0.5, 0.6) is 0 Å². The molecular weight excluding hydrogens is 242 g/mol. The highest BCUT2D eigenvalue weighted by Gasteiger charge is 2.17. The van der Waals surface area contributed by atoms with Gasteiger partial charge in [0.05, 0.1) is 18.0 Å². The molecule has 1 atom stereocenters. The van der Waals surface area contributed by atoms with E-state index >= 15 is 0 Å². The number of primary amides is 1. The van der Waals surface area contributed by atoms with Gasteiger partial charge in [0.15, 0.2) is 0 Å². The summed E-state index contributed by atoms with van der Waals surface area (Å²) < 4.78 is 5.48. The van der Waals surface area contributed by atoms with E-state index in [1.165, 1.54) is 6.42 Å². The summed E-state index contributed by atoms with van der Waals surface area (Å²) in [5.41, 5.74) is 13.3. The molecule has 104 valence electrons. The maximum absolute atomic E-state index is 11.2. The fraction of sp³-hybridized carbons (Fsp3) is 0.500. The average Bonchev–Trinajstić information content (AvgIpc) is 2.40. The van der Waals surface area contributed by atoms with Crippen LogP contribution in [0.3, 0.4) is 0 Å². The summed E-state index contributed by atoms with van der Waals surface area (Å²) in [4.78, 5) is 13.3. The first-order valence-electron chi connectivity index (χ1n) is 6.56. The molecule has 1 aliphatic rings. The smallest absolute Gasteiger partial charge is 0.248 e. The molecule has 1 fully saturated rings. The van der Waals surface area contributed by atoms with Gasteiger partial charge in [-0.25, -0.2) is 0 Å². The van der Waals surface area contributed by atoms with Crippen molar-refractivity contribution in [2.45, 2.75) is 12.8 Å². The summed E-state index contributed by atoms with van der Waals surface area (Å²) in [5.74, 6) is 0.0750. The van der Waals surface area contributed by atoms with Gasteiger partial charge in [0.1, 0.15) is 0 Å². The number of nitrogen functional groups attached to an aromatic ring is 1. The van der Waals surface area contributed by atoms with E-state index in [0.717, 1.165) is 31.9 Å². The summed E-state index contributed by atoms with van der Waals surface area (Å²) in [7, 11) is 1.98. The van der Waals surface area contributed by atoms with Crippen molar-refractivity contribution >= 4 is 17.3 Å². The van der Waals surface area contributed by atoms with Crippen LogP contribution in [0, 0.1) is 5.92 Å². The molecule has 2 rings (SSSR count). The first-order chi connectivity index (χ1) is 9.08. The number of carbonyl (C=O) groups excluding carboxylic acids is 1. The second-order valence-corrected chi connectivity index (χ2v) is 5.10. The van der Waals surface area contributed by atoms with E-state index in [4.69, 9.17) is 16.2 Å². The summed E-state index contributed by atoms with van der Waals surface area (Å²) in [6.07, 6.45) is 2.27. The van der Waals surface area contributed by atoms with Gasteiger partial charge in [-0.3, -0.25) is 4.79 Å². The number of rotatable bonds is 4. The van der Waals surface area contributed by atoms with Gasteiger partial charge in [-0.05, 0) is 37.0 Å². The van der Waals surface area contributed by atoms with Gasteiger partial charge in [0, 0.05) is 25.8 Å². The lowest BCUT2D eigenvalue weighted by Crippen LogP contribution is -2.31. The Bertz CT molecular complexity index is 456. The molecule has 1 aromatic rings. The second kappa shape index (κ2) is 5.93. The number of nitrogens with two attached hydrogens (primary N) is 2. The summed E-state index contributed by atoms with van der Waals surface area (Å²) >= 11 is 0. The van der Waals surface area contributed by atoms with Gasteiger partial charge in [-0.2, -0.15) is 0 Å². The van der Waals surface area contributed by atoms with Gasteiger partial charge < -0.3 is 21.1 Å². The van der Waals surface area contributed by atoms with Crippen molar-refractivity contribution in [1.82, 2.24) is 0 Å². The van der Waals surface area contributed by atoms with Crippen molar-refractivity contribution in [3.05, 3.63) is 23.8 Å². The molecule has 4 N–H and O–H groups in total. The molecule has 0 spiro atoms. The highest BCUT2D eigenvalue weighted by atomic mass is 16.5. The van der Waals surface area contributed by atoms with E-state index in [1.807, 2.05) is 7.05 Å². The summed E-state index contributed by atoms with van der Waals surface area (Å²) in [6.45, 7) is 2.52. The van der Waals surface area contributed by atoms with E-state index in [1.54, 1.807) is 18.2 Å². The van der Waals surface area contributed by atoms with Crippen LogP contribution in [-0.2, 0) is 4.74 Å². The van der Waals surface area contributed by atoms with Crippen molar-refractivity contribution in [1.29, 1.82) is 0 Å². The molecule has 1 heterocycles. The molecule has 0 bridgehead atoms. The molecule has 0 aliphatic carbocycles. The van der Waals surface area contributed by atoms with Crippen LogP contribution in [-0.4, -0.2) is 32.7 Å². The molecule has 1 amide bonds. The van der Waals surface area contributed by atoms with Crippen molar-refractivity contribution in [2.24, 2.45) is 11.7 Å². The van der Waals surface area contributed by atoms with Gasteiger partial charge in [-0.1, -0.05) is 0 Å². The Balaban J connectivity index is 2.10. The molecule has 1 aromatic carbocycles. The Labute approximate surface area is 113 Å². The Hall–Kier alpha value is -1.75. The third-order valence-corrected chi connectivity index (χ3v) is 3.51. The molecule has 1 saturated heterocycles. The minimum absolute atomic E-state index is 0.435. The maximum Gasteiger partial charge on any atom is 0.248 e. The van der Waals surface area contributed by atoms with Crippen LogP contribution in [0.25, 0.3) is 0 Å². The van der Waals surface area contributed by atoms with Crippen LogP contribution in [0.2, 0.25) is 0 Å². The minimum atomic E-state index is -0.435. The summed E-state index contributed by atoms with van der Waals surface area (Å²) in [6, 6.07) is 5.13. The van der Waals surface area contributed by atoms with Crippen molar-refractivity contribution in [3.8, 4) is 0 Å². The number of ether oxygens (including phenoxy) is 1. The average molecular weight is 263 g/mol. The maximum atomic E-state index is 11.2. The lowest BCUT2D eigenvalue weighted by atomic mass is 10.0. The van der Waals surface area contributed by atoms with Gasteiger partial charge in [0.25, 0.3) is 0 Å². The third-order valence-electron chi connectivity index (χ3n) is 3.51. The van der Waals surface area contributed by atoms with E-state index in [9.17, 15) is 4.79 Å². The van der Waals surface area contributed by atoms with E-state index in [2.05, 4.69) is 4.90 Å². The van der Waals surface area contributed by atoms with Crippen LogP contribution in [0.15, 0.2) is 18.2 Å². The van der Waals surface area contributed by atoms with E-state index < -0.39 is 5.91 Å². The predicted molar refractivity (Wildman–Crippen MR) is 76.2 cm³/mol. The second-order valence-electron chi connectivity index (χ2n) is 5.10. The number of anilines is 2. The molecule has 5 heteroatoms. The van der Waals surface area contributed by atoms with Gasteiger partial charge in [-0.15, -0.1) is 0 Å². The minimum Gasteiger partial charge on any atom is -0.397 e. The monoisotopic (exact) mass is 263 g/mol. The number of hydrogen-bond acceptors (Lipinski definition) is 4. The number of benzene rings is 1. The standard InChI is InChI=1S/C14H21N3O2/c1-17(8-10-3-2-6-19-9-10)13-7-11(14(16)18)4-5-12(13)15/h4-5,7,10H,2-3,6,8-9,15H2,1H3,(H2,16,18). The van der Waals surface area contributed by atoms with Crippen LogP contribution in [0.1, 0.15) is 23.2 Å². The van der Waals surface area contributed by atoms with Crippen LogP contribution in [0.4, 0.5) is 11.4 Å². The molecule has 0 saturated carbocycles. The highest BCUT2D eigenvalue weighted by Crippen LogP contribution is 2.25. The van der Waals surface area contributed by atoms with Crippen LogP contribution >= 0.6 is 0 Å². The number of nitrogens with zero attached hydrogens (tertiary/aromatic N) is 1. The predicted octanol–water partition coefficient (Wildman–Crippen LogP) is 1.23. The first kappa shape index (κ1) is 13.7. The van der Waals surface area contributed by atoms with E-state index in [0.29, 0.717) is 17.2 Å². The SMILES string of the molecule is CN(CC1CCCOC1)c1cc(C(N)=O)ccc1N. The third kappa shape index (κ3) is 3.38. The molecule has 1 unspecified atom stereocenters. The zero-order chi connectivity index (χ0) is 13.8. The lowest BCUT2D eigenvalue weighted by Gasteiger charge is -2.29. The molecule has 1 aliphatic heterocycles. The number of carbonyl (C=O) groups is 1. The molecule has 0 aromatic heterocycles. The summed E-state index contributed by atoms with van der Waals surface area (Å²) in [5, 5.41) is 0. The van der Waals surface area contributed by atoms with E-state index in [-0.39, 0.29) is 0 Å². The zero-order valence-corrected chi connectivity index (χ0v) is 11.3. The highest BCUT2D eigenvalue weighted by molar-refractivity contribution is 5.95. The molecular formula is C14H21N3O2. The van der Waals surface area contributed by atoms with Crippen molar-refractivity contribution in [3.63, 3.8) is 0 Å². The Kier molecular flexibility index (Phi) is 4.27. The Morgan fingerprint density at radius 2 is 2.32 bits per heavy atom. The Morgan fingerprint density at radius 3 is 2.95 bits per heavy atom. The van der Waals surface area contributed by atoms with Crippen LogP contribution < -0.4 is 16.4 Å². The topological polar surface area (TPSA) is 81.6 Å². The fourth-order valence-electron chi connectivity index (χ4n) is 2.46. The number of hydrogen-bond donors (Lipinski definition) is 2.